The lowest BCUT2D eigenvalue weighted by Crippen LogP contribution is -2.37. The molecule has 0 radical (unpaired) electrons. The Balaban J connectivity index is 2.05. The van der Waals surface area contributed by atoms with E-state index < -0.39 is 0 Å². The average molecular weight is 233 g/mol. The maximum atomic E-state index is 12.2. The van der Waals surface area contributed by atoms with E-state index in [1.807, 2.05) is 11.8 Å². The van der Waals surface area contributed by atoms with E-state index in [1.165, 1.54) is 19.3 Å². The smallest absolute Gasteiger partial charge is 0.272 e. The first-order chi connectivity index (χ1) is 8.20. The first-order valence-electron chi connectivity index (χ1n) is 6.22. The number of aromatic nitrogens is 1. The summed E-state index contributed by atoms with van der Waals surface area (Å²) < 4.78 is 0. The van der Waals surface area contributed by atoms with Crippen molar-refractivity contribution in [3.63, 3.8) is 0 Å². The van der Waals surface area contributed by atoms with E-state index in [4.69, 9.17) is 5.73 Å². The summed E-state index contributed by atoms with van der Waals surface area (Å²) in [5.41, 5.74) is 6.04. The van der Waals surface area contributed by atoms with Crippen molar-refractivity contribution < 1.29 is 4.79 Å². The van der Waals surface area contributed by atoms with Crippen LogP contribution in [-0.4, -0.2) is 28.9 Å². The molecule has 1 aliphatic carbocycles. The van der Waals surface area contributed by atoms with Crippen molar-refractivity contribution in [1.29, 1.82) is 0 Å². The van der Waals surface area contributed by atoms with Gasteiger partial charge in [-0.15, -0.1) is 0 Å². The molecule has 0 bridgehead atoms. The Morgan fingerprint density at radius 3 is 2.82 bits per heavy atom. The molecule has 1 fully saturated rings. The van der Waals surface area contributed by atoms with Crippen molar-refractivity contribution in [2.45, 2.75) is 26.2 Å². The lowest BCUT2D eigenvalue weighted by atomic mass is 9.85. The maximum Gasteiger partial charge on any atom is 0.272 e. The van der Waals surface area contributed by atoms with E-state index in [0.29, 0.717) is 17.4 Å². The van der Waals surface area contributed by atoms with Crippen LogP contribution in [0, 0.1) is 5.92 Å². The Hall–Kier alpha value is -1.58. The molecule has 1 saturated carbocycles. The van der Waals surface area contributed by atoms with E-state index >= 15 is 0 Å². The molecule has 1 aromatic heterocycles. The summed E-state index contributed by atoms with van der Waals surface area (Å²) in [5, 5.41) is 0. The molecule has 1 aliphatic rings. The van der Waals surface area contributed by atoms with Crippen LogP contribution >= 0.6 is 0 Å². The molecule has 2 rings (SSSR count). The van der Waals surface area contributed by atoms with Gasteiger partial charge >= 0.3 is 0 Å². The highest BCUT2D eigenvalue weighted by Crippen LogP contribution is 2.27. The van der Waals surface area contributed by atoms with Crippen molar-refractivity contribution in [3.8, 4) is 0 Å². The molecule has 0 spiro atoms. The van der Waals surface area contributed by atoms with Gasteiger partial charge in [-0.25, -0.2) is 4.98 Å². The van der Waals surface area contributed by atoms with Gasteiger partial charge in [0, 0.05) is 13.1 Å². The summed E-state index contributed by atoms with van der Waals surface area (Å²) in [6, 6.07) is 5.19. The molecule has 4 heteroatoms. The molecule has 0 unspecified atom stereocenters. The number of hydrogen-bond donors (Lipinski definition) is 1. The minimum absolute atomic E-state index is 0.00769. The number of nitrogens with zero attached hydrogens (tertiary/aromatic N) is 2. The van der Waals surface area contributed by atoms with Gasteiger partial charge in [-0.2, -0.15) is 0 Å². The number of carbonyl (C=O) groups excluding carboxylic acids is 1. The van der Waals surface area contributed by atoms with E-state index in [2.05, 4.69) is 4.98 Å². The highest BCUT2D eigenvalue weighted by atomic mass is 16.2. The Labute approximate surface area is 102 Å². The second-order valence-electron chi connectivity index (χ2n) is 4.59. The number of nitrogen functional groups attached to an aromatic ring is 1. The molecule has 1 amide bonds. The van der Waals surface area contributed by atoms with Crippen LogP contribution in [0.2, 0.25) is 0 Å². The van der Waals surface area contributed by atoms with E-state index in [0.717, 1.165) is 13.1 Å². The van der Waals surface area contributed by atoms with Crippen molar-refractivity contribution in [2.24, 2.45) is 5.92 Å². The fraction of sp³-hybridized carbons (Fsp3) is 0.538. The number of rotatable bonds is 4. The molecule has 4 nitrogen and oxygen atoms in total. The largest absolute Gasteiger partial charge is 0.384 e. The standard InChI is InChI=1S/C13H19N3O/c1-2-16(9-10-5-3-6-10)13(17)11-7-4-8-12(14)15-11/h4,7-8,10H,2-3,5-6,9H2,1H3,(H2,14,15). The molecule has 2 N–H and O–H groups in total. The maximum absolute atomic E-state index is 12.2. The third-order valence-electron chi connectivity index (χ3n) is 3.36. The highest BCUT2D eigenvalue weighted by Gasteiger charge is 2.23. The second-order valence-corrected chi connectivity index (χ2v) is 4.59. The number of nitrogens with two attached hydrogens (primary N) is 1. The summed E-state index contributed by atoms with van der Waals surface area (Å²) in [4.78, 5) is 18.2. The summed E-state index contributed by atoms with van der Waals surface area (Å²) >= 11 is 0. The fourth-order valence-electron chi connectivity index (χ4n) is 2.08. The Morgan fingerprint density at radius 1 is 1.53 bits per heavy atom. The van der Waals surface area contributed by atoms with Crippen LogP contribution in [0.5, 0.6) is 0 Å². The number of anilines is 1. The van der Waals surface area contributed by atoms with Gasteiger partial charge in [-0.1, -0.05) is 12.5 Å². The van der Waals surface area contributed by atoms with Crippen molar-refractivity contribution in [1.82, 2.24) is 9.88 Å². The molecule has 1 aromatic rings. The summed E-state index contributed by atoms with van der Waals surface area (Å²) in [6.07, 6.45) is 3.79. The van der Waals surface area contributed by atoms with Gasteiger partial charge in [0.15, 0.2) is 0 Å². The average Bonchev–Trinajstić information content (AvgIpc) is 2.27. The molecule has 92 valence electrons. The highest BCUT2D eigenvalue weighted by molar-refractivity contribution is 5.92. The number of pyridine rings is 1. The second kappa shape index (κ2) is 5.17. The number of amides is 1. The number of carbonyl (C=O) groups is 1. The quantitative estimate of drug-likeness (QED) is 0.864. The SMILES string of the molecule is CCN(CC1CCC1)C(=O)c1cccc(N)n1. The van der Waals surface area contributed by atoms with Crippen LogP contribution in [0.15, 0.2) is 18.2 Å². The predicted molar refractivity (Wildman–Crippen MR) is 67.6 cm³/mol. The van der Waals surface area contributed by atoms with Crippen LogP contribution in [0.3, 0.4) is 0 Å². The Bertz CT molecular complexity index is 401. The molecule has 0 saturated heterocycles. The topological polar surface area (TPSA) is 59.2 Å². The monoisotopic (exact) mass is 233 g/mol. The molecule has 1 heterocycles. The predicted octanol–water partition coefficient (Wildman–Crippen LogP) is 1.93. The van der Waals surface area contributed by atoms with Crippen molar-refractivity contribution in [2.75, 3.05) is 18.8 Å². The molecular weight excluding hydrogens is 214 g/mol. The molecule has 0 aromatic carbocycles. The van der Waals surface area contributed by atoms with Gasteiger partial charge in [0.05, 0.1) is 0 Å². The van der Waals surface area contributed by atoms with E-state index in [1.54, 1.807) is 18.2 Å². The lowest BCUT2D eigenvalue weighted by Gasteiger charge is -2.31. The zero-order chi connectivity index (χ0) is 12.3. The van der Waals surface area contributed by atoms with Gasteiger partial charge in [0.2, 0.25) is 0 Å². The normalized spacial score (nSPS) is 15.4. The summed E-state index contributed by atoms with van der Waals surface area (Å²) in [5.74, 6) is 1.07. The number of hydrogen-bond acceptors (Lipinski definition) is 3. The van der Waals surface area contributed by atoms with Crippen molar-refractivity contribution >= 4 is 11.7 Å². The molecule has 0 aliphatic heterocycles. The summed E-state index contributed by atoms with van der Waals surface area (Å²) in [7, 11) is 0. The summed E-state index contributed by atoms with van der Waals surface area (Å²) in [6.45, 7) is 3.58. The van der Waals surface area contributed by atoms with Gasteiger partial charge in [0.1, 0.15) is 11.5 Å². The van der Waals surface area contributed by atoms with E-state index in [-0.39, 0.29) is 5.91 Å². The Morgan fingerprint density at radius 2 is 2.29 bits per heavy atom. The third-order valence-corrected chi connectivity index (χ3v) is 3.36. The first kappa shape index (κ1) is 11.9. The van der Waals surface area contributed by atoms with E-state index in [9.17, 15) is 4.79 Å². The zero-order valence-electron chi connectivity index (χ0n) is 10.2. The Kier molecular flexibility index (Phi) is 3.61. The van der Waals surface area contributed by atoms with Gasteiger partial charge < -0.3 is 10.6 Å². The minimum Gasteiger partial charge on any atom is -0.384 e. The van der Waals surface area contributed by atoms with Crippen LogP contribution in [-0.2, 0) is 0 Å². The molecular formula is C13H19N3O. The van der Waals surface area contributed by atoms with Gasteiger partial charge in [0.25, 0.3) is 5.91 Å². The molecule has 0 atom stereocenters. The first-order valence-corrected chi connectivity index (χ1v) is 6.22. The fourth-order valence-corrected chi connectivity index (χ4v) is 2.08. The zero-order valence-corrected chi connectivity index (χ0v) is 10.2. The van der Waals surface area contributed by atoms with Crippen molar-refractivity contribution in [3.05, 3.63) is 23.9 Å². The third kappa shape index (κ3) is 2.75. The minimum atomic E-state index is -0.00769. The van der Waals surface area contributed by atoms with Crippen LogP contribution in [0.1, 0.15) is 36.7 Å². The van der Waals surface area contributed by atoms with Crippen LogP contribution < -0.4 is 5.73 Å². The van der Waals surface area contributed by atoms with Gasteiger partial charge in [-0.3, -0.25) is 4.79 Å². The van der Waals surface area contributed by atoms with Crippen LogP contribution in [0.25, 0.3) is 0 Å². The van der Waals surface area contributed by atoms with Crippen LogP contribution in [0.4, 0.5) is 5.82 Å². The van der Waals surface area contributed by atoms with Gasteiger partial charge in [-0.05, 0) is 37.8 Å². The molecule has 17 heavy (non-hydrogen) atoms. The lowest BCUT2D eigenvalue weighted by molar-refractivity contribution is 0.0701.